The minimum atomic E-state index is -3.01. The van der Waals surface area contributed by atoms with Crippen LogP contribution in [-0.2, 0) is 9.59 Å². The van der Waals surface area contributed by atoms with Gasteiger partial charge < -0.3 is 15.2 Å². The van der Waals surface area contributed by atoms with Crippen molar-refractivity contribution in [3.8, 4) is 5.75 Å². The van der Waals surface area contributed by atoms with E-state index in [1.807, 2.05) is 6.92 Å². The Kier molecular flexibility index (Phi) is 9.91. The molecule has 0 saturated carbocycles. The summed E-state index contributed by atoms with van der Waals surface area (Å²) in [5.74, 6) is -1.69. The summed E-state index contributed by atoms with van der Waals surface area (Å²) in [6, 6.07) is 5.09. The Morgan fingerprint density at radius 2 is 1.96 bits per heavy atom. The number of anilines is 1. The van der Waals surface area contributed by atoms with Gasteiger partial charge >= 0.3 is 12.6 Å². The van der Waals surface area contributed by atoms with E-state index in [-0.39, 0.29) is 30.4 Å². The zero-order valence-corrected chi connectivity index (χ0v) is 14.2. The molecule has 1 amide bonds. The molecule has 0 heterocycles. The lowest BCUT2D eigenvalue weighted by molar-refractivity contribution is -0.139. The van der Waals surface area contributed by atoms with Crippen molar-refractivity contribution >= 4 is 30.0 Å². The number of para-hydroxylation sites is 2. The fourth-order valence-corrected chi connectivity index (χ4v) is 2.04. The van der Waals surface area contributed by atoms with Gasteiger partial charge in [-0.2, -0.15) is 8.78 Å². The first-order chi connectivity index (χ1) is 10.8. The number of aliphatic carboxylic acids is 1. The number of amides is 1. The van der Waals surface area contributed by atoms with E-state index < -0.39 is 24.5 Å². The number of alkyl halides is 2. The van der Waals surface area contributed by atoms with E-state index in [4.69, 9.17) is 5.11 Å². The molecule has 24 heavy (non-hydrogen) atoms. The number of rotatable bonds is 9. The molecule has 0 aliphatic rings. The van der Waals surface area contributed by atoms with Gasteiger partial charge in [-0.15, -0.1) is 12.4 Å². The van der Waals surface area contributed by atoms with E-state index in [0.717, 1.165) is 0 Å². The van der Waals surface area contributed by atoms with Gasteiger partial charge in [0.05, 0.1) is 18.3 Å². The summed E-state index contributed by atoms with van der Waals surface area (Å²) in [5.41, 5.74) is 0.108. The smallest absolute Gasteiger partial charge is 0.387 e. The van der Waals surface area contributed by atoms with Gasteiger partial charge in [-0.1, -0.05) is 19.1 Å². The summed E-state index contributed by atoms with van der Waals surface area (Å²) in [6.07, 6.45) is 0.677. The maximum atomic E-state index is 12.4. The van der Waals surface area contributed by atoms with Crippen molar-refractivity contribution in [3.05, 3.63) is 24.3 Å². The minimum Gasteiger partial charge on any atom is -0.480 e. The van der Waals surface area contributed by atoms with E-state index in [9.17, 15) is 18.4 Å². The summed E-state index contributed by atoms with van der Waals surface area (Å²) in [5, 5.41) is 11.4. The Morgan fingerprint density at radius 1 is 1.33 bits per heavy atom. The van der Waals surface area contributed by atoms with Crippen LogP contribution in [0.1, 0.15) is 20.3 Å². The normalized spacial score (nSPS) is 11.8. The van der Waals surface area contributed by atoms with E-state index in [0.29, 0.717) is 13.0 Å². The van der Waals surface area contributed by atoms with E-state index >= 15 is 0 Å². The van der Waals surface area contributed by atoms with Crippen LogP contribution in [0.2, 0.25) is 0 Å². The lowest BCUT2D eigenvalue weighted by Gasteiger charge is -2.26. The van der Waals surface area contributed by atoms with Crippen molar-refractivity contribution in [2.75, 3.05) is 18.4 Å². The second kappa shape index (κ2) is 10.8. The molecule has 136 valence electrons. The zero-order valence-electron chi connectivity index (χ0n) is 13.4. The summed E-state index contributed by atoms with van der Waals surface area (Å²) in [7, 11) is 0. The standard InChI is InChI=1S/C15H20F2N2O4.ClH/c1-3-8-19(9-13(20)21)10(2)14(22)18-11-6-4-5-7-12(11)23-15(16)17;/h4-7,10,15H,3,8-9H2,1-2H3,(H,18,22)(H,20,21);1H. The number of carboxylic acids is 1. The maximum absolute atomic E-state index is 12.4. The van der Waals surface area contributed by atoms with Gasteiger partial charge in [0.2, 0.25) is 5.91 Å². The van der Waals surface area contributed by atoms with Crippen LogP contribution in [0, 0.1) is 0 Å². The molecule has 0 bridgehead atoms. The fourth-order valence-electron chi connectivity index (χ4n) is 2.04. The Labute approximate surface area is 145 Å². The topological polar surface area (TPSA) is 78.9 Å². The minimum absolute atomic E-state index is 0. The van der Waals surface area contributed by atoms with E-state index in [1.54, 1.807) is 13.0 Å². The van der Waals surface area contributed by atoms with Crippen LogP contribution in [0.4, 0.5) is 14.5 Å². The quantitative estimate of drug-likeness (QED) is 0.702. The number of carbonyl (C=O) groups excluding carboxylic acids is 1. The van der Waals surface area contributed by atoms with Crippen molar-refractivity contribution in [2.24, 2.45) is 0 Å². The van der Waals surface area contributed by atoms with Crippen molar-refractivity contribution in [1.29, 1.82) is 0 Å². The lowest BCUT2D eigenvalue weighted by Crippen LogP contribution is -2.45. The molecule has 2 N–H and O–H groups in total. The van der Waals surface area contributed by atoms with Gasteiger partial charge in [0, 0.05) is 0 Å². The highest BCUT2D eigenvalue weighted by molar-refractivity contribution is 5.96. The molecule has 0 aliphatic heterocycles. The highest BCUT2D eigenvalue weighted by Gasteiger charge is 2.23. The molecule has 0 saturated heterocycles. The second-order valence-electron chi connectivity index (χ2n) is 4.90. The van der Waals surface area contributed by atoms with Gasteiger partial charge in [-0.05, 0) is 32.0 Å². The molecule has 1 aromatic carbocycles. The first-order valence-corrected chi connectivity index (χ1v) is 7.15. The molecular formula is C15H21ClF2N2O4. The monoisotopic (exact) mass is 366 g/mol. The van der Waals surface area contributed by atoms with Crippen LogP contribution >= 0.6 is 12.4 Å². The molecule has 1 atom stereocenters. The number of benzene rings is 1. The molecule has 0 radical (unpaired) electrons. The summed E-state index contributed by atoms with van der Waals surface area (Å²) >= 11 is 0. The fraction of sp³-hybridized carbons (Fsp3) is 0.467. The van der Waals surface area contributed by atoms with Crippen LogP contribution in [-0.4, -0.2) is 47.6 Å². The Hall–Kier alpha value is -1.93. The van der Waals surface area contributed by atoms with Crippen molar-refractivity contribution in [1.82, 2.24) is 4.90 Å². The highest BCUT2D eigenvalue weighted by Crippen LogP contribution is 2.25. The zero-order chi connectivity index (χ0) is 17.4. The highest BCUT2D eigenvalue weighted by atomic mass is 35.5. The SMILES string of the molecule is CCCN(CC(=O)O)C(C)C(=O)Nc1ccccc1OC(F)F.Cl. The number of carbonyl (C=O) groups is 2. The maximum Gasteiger partial charge on any atom is 0.387 e. The molecule has 0 aromatic heterocycles. The molecule has 0 spiro atoms. The molecule has 1 aromatic rings. The van der Waals surface area contributed by atoms with Crippen LogP contribution in [0.15, 0.2) is 24.3 Å². The van der Waals surface area contributed by atoms with Gasteiger partial charge in [0.15, 0.2) is 0 Å². The lowest BCUT2D eigenvalue weighted by atomic mass is 10.2. The van der Waals surface area contributed by atoms with Gasteiger partial charge in [0.25, 0.3) is 0 Å². The third kappa shape index (κ3) is 7.10. The van der Waals surface area contributed by atoms with Crippen molar-refractivity contribution < 1.29 is 28.2 Å². The van der Waals surface area contributed by atoms with Crippen molar-refractivity contribution in [3.63, 3.8) is 0 Å². The number of ether oxygens (including phenoxy) is 1. The third-order valence-electron chi connectivity index (χ3n) is 3.14. The molecule has 1 unspecified atom stereocenters. The second-order valence-corrected chi connectivity index (χ2v) is 4.90. The van der Waals surface area contributed by atoms with Crippen LogP contribution in [0.3, 0.4) is 0 Å². The van der Waals surface area contributed by atoms with E-state index in [1.165, 1.54) is 23.1 Å². The summed E-state index contributed by atoms with van der Waals surface area (Å²) < 4.78 is 29.1. The molecule has 1 rings (SSSR count). The van der Waals surface area contributed by atoms with Gasteiger partial charge in [0.1, 0.15) is 5.75 Å². The summed E-state index contributed by atoms with van der Waals surface area (Å²) in [6.45, 7) is 0.567. The molecule has 9 heteroatoms. The van der Waals surface area contributed by atoms with Crippen LogP contribution in [0.25, 0.3) is 0 Å². The molecule has 0 aliphatic carbocycles. The Balaban J connectivity index is 0.00000529. The first kappa shape index (κ1) is 22.1. The predicted molar refractivity (Wildman–Crippen MR) is 87.9 cm³/mol. The predicted octanol–water partition coefficient (Wildman–Crippen LogP) is 2.83. The average molecular weight is 367 g/mol. The Bertz CT molecular complexity index is 546. The van der Waals surface area contributed by atoms with Gasteiger partial charge in [-0.3, -0.25) is 14.5 Å². The van der Waals surface area contributed by atoms with Gasteiger partial charge in [-0.25, -0.2) is 0 Å². The van der Waals surface area contributed by atoms with E-state index in [2.05, 4.69) is 10.1 Å². The Morgan fingerprint density at radius 3 is 2.50 bits per heavy atom. The number of nitrogens with one attached hydrogen (secondary N) is 1. The summed E-state index contributed by atoms with van der Waals surface area (Å²) in [4.78, 5) is 24.6. The molecule has 0 fully saturated rings. The molecular weight excluding hydrogens is 346 g/mol. The number of hydrogen-bond donors (Lipinski definition) is 2. The number of nitrogens with zero attached hydrogens (tertiary/aromatic N) is 1. The van der Waals surface area contributed by atoms with Crippen LogP contribution in [0.5, 0.6) is 5.75 Å². The van der Waals surface area contributed by atoms with Crippen LogP contribution < -0.4 is 10.1 Å². The average Bonchev–Trinajstić information content (AvgIpc) is 2.47. The number of hydrogen-bond acceptors (Lipinski definition) is 4. The number of carboxylic acid groups (broad SMARTS) is 1. The third-order valence-corrected chi connectivity index (χ3v) is 3.14. The first-order valence-electron chi connectivity index (χ1n) is 7.15. The molecule has 6 nitrogen and oxygen atoms in total. The number of halogens is 3. The van der Waals surface area contributed by atoms with Crippen molar-refractivity contribution in [2.45, 2.75) is 32.9 Å². The largest absolute Gasteiger partial charge is 0.480 e.